The summed E-state index contributed by atoms with van der Waals surface area (Å²) < 4.78 is 10.7. The van der Waals surface area contributed by atoms with Crippen molar-refractivity contribution in [3.8, 4) is 11.5 Å². The first-order chi connectivity index (χ1) is 15.5. The standard InChI is InChI=1S/C26H28N2O4/c1-2-31-26(30)24(27)18-20-8-12-21(13-9-20)25(29)28-17-16-19-10-14-23(15-11-19)32-22-6-4-3-5-7-22/h3-15,24H,2,16-18,27H2,1H3,(H,28,29)/t24-/m0/s1. The lowest BCUT2D eigenvalue weighted by molar-refractivity contribution is -0.144. The molecule has 3 rings (SSSR count). The number of hydrogen-bond acceptors (Lipinski definition) is 5. The fraction of sp³-hybridized carbons (Fsp3) is 0.231. The highest BCUT2D eigenvalue weighted by Crippen LogP contribution is 2.21. The van der Waals surface area contributed by atoms with E-state index >= 15 is 0 Å². The van der Waals surface area contributed by atoms with Gasteiger partial charge in [-0.2, -0.15) is 0 Å². The van der Waals surface area contributed by atoms with Crippen molar-refractivity contribution < 1.29 is 19.1 Å². The maximum absolute atomic E-state index is 12.4. The van der Waals surface area contributed by atoms with Gasteiger partial charge in [0, 0.05) is 12.1 Å². The van der Waals surface area contributed by atoms with Gasteiger partial charge in [0.05, 0.1) is 6.61 Å². The molecule has 0 spiro atoms. The van der Waals surface area contributed by atoms with Crippen molar-refractivity contribution in [2.75, 3.05) is 13.2 Å². The molecule has 0 fully saturated rings. The Balaban J connectivity index is 1.44. The molecule has 6 heteroatoms. The molecule has 166 valence electrons. The van der Waals surface area contributed by atoms with Crippen LogP contribution in [0.15, 0.2) is 78.9 Å². The molecular weight excluding hydrogens is 404 g/mol. The van der Waals surface area contributed by atoms with E-state index in [-0.39, 0.29) is 5.91 Å². The Morgan fingerprint density at radius 1 is 0.875 bits per heavy atom. The molecule has 6 nitrogen and oxygen atoms in total. The van der Waals surface area contributed by atoms with E-state index < -0.39 is 12.0 Å². The van der Waals surface area contributed by atoms with Gasteiger partial charge in [-0.1, -0.05) is 42.5 Å². The van der Waals surface area contributed by atoms with E-state index in [2.05, 4.69) is 5.32 Å². The lowest BCUT2D eigenvalue weighted by atomic mass is 10.0. The van der Waals surface area contributed by atoms with Crippen molar-refractivity contribution in [1.82, 2.24) is 5.32 Å². The topological polar surface area (TPSA) is 90.7 Å². The van der Waals surface area contributed by atoms with Gasteiger partial charge in [-0.05, 0) is 67.3 Å². The molecule has 0 bridgehead atoms. The number of ether oxygens (including phenoxy) is 2. The molecule has 32 heavy (non-hydrogen) atoms. The van der Waals surface area contributed by atoms with Gasteiger partial charge in [-0.3, -0.25) is 9.59 Å². The average Bonchev–Trinajstić information content (AvgIpc) is 2.81. The molecule has 0 unspecified atom stereocenters. The molecule has 1 amide bonds. The van der Waals surface area contributed by atoms with Crippen molar-refractivity contribution in [3.05, 3.63) is 95.6 Å². The molecule has 0 radical (unpaired) electrons. The minimum Gasteiger partial charge on any atom is -0.465 e. The van der Waals surface area contributed by atoms with Crippen molar-refractivity contribution in [3.63, 3.8) is 0 Å². The number of rotatable bonds is 10. The van der Waals surface area contributed by atoms with Crippen LogP contribution in [0.3, 0.4) is 0 Å². The Labute approximate surface area is 188 Å². The van der Waals surface area contributed by atoms with Crippen LogP contribution in [0.25, 0.3) is 0 Å². The molecule has 3 aromatic rings. The molecule has 0 aliphatic heterocycles. The summed E-state index contributed by atoms with van der Waals surface area (Å²) in [6, 6.07) is 23.8. The second kappa shape index (κ2) is 11.7. The maximum atomic E-state index is 12.4. The minimum atomic E-state index is -0.709. The summed E-state index contributed by atoms with van der Waals surface area (Å²) in [5.41, 5.74) is 8.38. The molecule has 1 atom stereocenters. The van der Waals surface area contributed by atoms with Gasteiger partial charge < -0.3 is 20.5 Å². The molecule has 3 N–H and O–H groups in total. The van der Waals surface area contributed by atoms with Crippen LogP contribution in [0.2, 0.25) is 0 Å². The molecule has 0 aliphatic carbocycles. The molecule has 0 aliphatic rings. The van der Waals surface area contributed by atoms with Crippen LogP contribution in [0.5, 0.6) is 11.5 Å². The Kier molecular flexibility index (Phi) is 8.40. The summed E-state index contributed by atoms with van der Waals surface area (Å²) in [4.78, 5) is 24.0. The van der Waals surface area contributed by atoms with Crippen LogP contribution in [-0.4, -0.2) is 31.1 Å². The first-order valence-electron chi connectivity index (χ1n) is 10.7. The predicted molar refractivity (Wildman–Crippen MR) is 124 cm³/mol. The fourth-order valence-corrected chi connectivity index (χ4v) is 3.15. The highest BCUT2D eigenvalue weighted by atomic mass is 16.5. The summed E-state index contributed by atoms with van der Waals surface area (Å²) >= 11 is 0. The van der Waals surface area contributed by atoms with E-state index in [1.807, 2.05) is 54.6 Å². The Hall–Kier alpha value is -3.64. The Morgan fingerprint density at radius 3 is 2.16 bits per heavy atom. The predicted octanol–water partition coefficient (Wildman–Crippen LogP) is 3.88. The van der Waals surface area contributed by atoms with Gasteiger partial charge in [0.1, 0.15) is 17.5 Å². The van der Waals surface area contributed by atoms with E-state index in [1.54, 1.807) is 31.2 Å². The summed E-state index contributed by atoms with van der Waals surface area (Å²) in [6.45, 7) is 2.57. The van der Waals surface area contributed by atoms with Crippen molar-refractivity contribution >= 4 is 11.9 Å². The first-order valence-corrected chi connectivity index (χ1v) is 10.7. The van der Waals surface area contributed by atoms with Crippen LogP contribution in [-0.2, 0) is 22.4 Å². The van der Waals surface area contributed by atoms with Crippen LogP contribution in [0.1, 0.15) is 28.4 Å². The van der Waals surface area contributed by atoms with Crippen molar-refractivity contribution in [2.24, 2.45) is 5.73 Å². The van der Waals surface area contributed by atoms with E-state index in [0.717, 1.165) is 22.6 Å². The van der Waals surface area contributed by atoms with Crippen LogP contribution < -0.4 is 15.8 Å². The monoisotopic (exact) mass is 432 g/mol. The molecule has 0 saturated heterocycles. The normalized spacial score (nSPS) is 11.4. The number of hydrogen-bond donors (Lipinski definition) is 2. The number of nitrogens with one attached hydrogen (secondary N) is 1. The summed E-state index contributed by atoms with van der Waals surface area (Å²) in [7, 11) is 0. The van der Waals surface area contributed by atoms with Crippen LogP contribution >= 0.6 is 0 Å². The fourth-order valence-electron chi connectivity index (χ4n) is 3.15. The van der Waals surface area contributed by atoms with Crippen molar-refractivity contribution in [1.29, 1.82) is 0 Å². The Bertz CT molecular complexity index is 1000. The third-order valence-corrected chi connectivity index (χ3v) is 4.86. The van der Waals surface area contributed by atoms with Gasteiger partial charge in [-0.25, -0.2) is 0 Å². The van der Waals surface area contributed by atoms with Crippen LogP contribution in [0.4, 0.5) is 0 Å². The van der Waals surface area contributed by atoms with Gasteiger partial charge in [-0.15, -0.1) is 0 Å². The minimum absolute atomic E-state index is 0.143. The van der Waals surface area contributed by atoms with E-state index in [9.17, 15) is 9.59 Å². The summed E-state index contributed by atoms with van der Waals surface area (Å²) in [5, 5.41) is 2.93. The molecule has 0 saturated carbocycles. The first kappa shape index (κ1) is 23.0. The van der Waals surface area contributed by atoms with Gasteiger partial charge in [0.15, 0.2) is 0 Å². The third-order valence-electron chi connectivity index (χ3n) is 4.86. The van der Waals surface area contributed by atoms with E-state index in [0.29, 0.717) is 31.6 Å². The summed E-state index contributed by atoms with van der Waals surface area (Å²) in [5.74, 6) is 0.998. The largest absolute Gasteiger partial charge is 0.465 e. The molecular formula is C26H28N2O4. The number of para-hydroxylation sites is 1. The van der Waals surface area contributed by atoms with E-state index in [4.69, 9.17) is 15.2 Å². The van der Waals surface area contributed by atoms with E-state index in [1.165, 1.54) is 0 Å². The van der Waals surface area contributed by atoms with Gasteiger partial charge in [0.2, 0.25) is 0 Å². The maximum Gasteiger partial charge on any atom is 0.323 e. The zero-order chi connectivity index (χ0) is 22.8. The number of amides is 1. The second-order valence-corrected chi connectivity index (χ2v) is 7.32. The SMILES string of the molecule is CCOC(=O)[C@@H](N)Cc1ccc(C(=O)NCCc2ccc(Oc3ccccc3)cc2)cc1. The Morgan fingerprint density at radius 2 is 1.50 bits per heavy atom. The number of carbonyl (C=O) groups is 2. The molecule has 0 heterocycles. The quantitative estimate of drug-likeness (QED) is 0.475. The average molecular weight is 433 g/mol. The lowest BCUT2D eigenvalue weighted by Gasteiger charge is -2.11. The second-order valence-electron chi connectivity index (χ2n) is 7.32. The zero-order valence-electron chi connectivity index (χ0n) is 18.1. The molecule has 0 aromatic heterocycles. The number of benzene rings is 3. The summed E-state index contributed by atoms with van der Waals surface area (Å²) in [6.07, 6.45) is 1.08. The van der Waals surface area contributed by atoms with Gasteiger partial charge in [0.25, 0.3) is 5.91 Å². The molecule has 3 aromatic carbocycles. The van der Waals surface area contributed by atoms with Gasteiger partial charge >= 0.3 is 5.97 Å². The smallest absolute Gasteiger partial charge is 0.323 e. The third kappa shape index (κ3) is 6.96. The number of nitrogens with two attached hydrogens (primary N) is 1. The lowest BCUT2D eigenvalue weighted by Crippen LogP contribution is -2.34. The zero-order valence-corrected chi connectivity index (χ0v) is 18.1. The number of esters is 1. The van der Waals surface area contributed by atoms with Crippen LogP contribution in [0, 0.1) is 0 Å². The highest BCUT2D eigenvalue weighted by molar-refractivity contribution is 5.94. The number of carbonyl (C=O) groups excluding carboxylic acids is 2. The van der Waals surface area contributed by atoms with Crippen molar-refractivity contribution in [2.45, 2.75) is 25.8 Å². The highest BCUT2D eigenvalue weighted by Gasteiger charge is 2.15.